The molecule has 5 aromatic carbocycles. The van der Waals surface area contributed by atoms with Crippen molar-refractivity contribution in [1.82, 2.24) is 54.4 Å². The van der Waals surface area contributed by atoms with E-state index in [1.54, 1.807) is 69.5 Å². The van der Waals surface area contributed by atoms with E-state index in [0.717, 1.165) is 66.9 Å². The first-order chi connectivity index (χ1) is 43.3. The number of ether oxygens (including phenoxy) is 2. The summed E-state index contributed by atoms with van der Waals surface area (Å²) in [5.74, 6) is 1.75. The van der Waals surface area contributed by atoms with Crippen molar-refractivity contribution in [2.24, 2.45) is 0 Å². The maximum atomic E-state index is 14.5. The number of hydrogen-bond donors (Lipinski definition) is 2. The van der Waals surface area contributed by atoms with E-state index in [0.29, 0.717) is 95.6 Å². The lowest BCUT2D eigenvalue weighted by Gasteiger charge is -2.16. The van der Waals surface area contributed by atoms with Crippen LogP contribution in [0.25, 0.3) is 67.0 Å². The van der Waals surface area contributed by atoms with Gasteiger partial charge in [-0.1, -0.05) is 97.7 Å². The average molecular weight is 1290 g/mol. The molecule has 12 aromatic rings. The number of nitrogens with one attached hydrogen (secondary N) is 2. The van der Waals surface area contributed by atoms with Crippen molar-refractivity contribution >= 4 is 103 Å². The fourth-order valence-corrected chi connectivity index (χ4v) is 10.3. The molecule has 0 spiro atoms. The van der Waals surface area contributed by atoms with Gasteiger partial charge in [-0.2, -0.15) is 10.2 Å². The minimum atomic E-state index is -0.412. The highest BCUT2D eigenvalue weighted by molar-refractivity contribution is 6.33. The maximum Gasteiger partial charge on any atom is 0.163 e. The molecule has 12 rings (SSSR count). The third-order valence-corrected chi connectivity index (χ3v) is 15.2. The number of nitrogens with zero attached hydrogens (tertiary/aromatic N) is 11. The molecule has 7 aromatic heterocycles. The third-order valence-electron chi connectivity index (χ3n) is 14.2. The highest BCUT2D eigenvalue weighted by atomic mass is 35.5. The Morgan fingerprint density at radius 2 is 0.889 bits per heavy atom. The second-order valence-electron chi connectivity index (χ2n) is 20.9. The van der Waals surface area contributed by atoms with E-state index in [4.69, 9.17) is 55.9 Å². The van der Waals surface area contributed by atoms with Crippen LogP contribution >= 0.6 is 46.4 Å². The molecule has 0 bridgehead atoms. The number of anilines is 4. The van der Waals surface area contributed by atoms with Crippen LogP contribution in [-0.2, 0) is 13.1 Å². The van der Waals surface area contributed by atoms with E-state index in [9.17, 15) is 13.2 Å². The van der Waals surface area contributed by atoms with Crippen molar-refractivity contribution in [2.45, 2.75) is 46.7 Å². The molecule has 454 valence electrons. The van der Waals surface area contributed by atoms with Crippen LogP contribution in [0.2, 0.25) is 20.1 Å². The Morgan fingerprint density at radius 1 is 0.489 bits per heavy atom. The number of benzene rings is 5. The summed E-state index contributed by atoms with van der Waals surface area (Å²) in [5.41, 5.74) is 11.4. The molecule has 22 heteroatoms. The highest BCUT2D eigenvalue weighted by Crippen LogP contribution is 2.37. The van der Waals surface area contributed by atoms with E-state index in [1.807, 2.05) is 77.8 Å². The Morgan fingerprint density at radius 3 is 1.30 bits per heavy atom. The van der Waals surface area contributed by atoms with Gasteiger partial charge in [-0.05, 0) is 145 Å². The van der Waals surface area contributed by atoms with Gasteiger partial charge in [0.1, 0.15) is 53.2 Å². The number of hydrogen-bond acceptors (Lipinski definition) is 13. The predicted octanol–water partition coefficient (Wildman–Crippen LogP) is 18.3. The molecule has 15 nitrogen and oxygen atoms in total. The Kier molecular flexibility index (Phi) is 19.8. The topological polar surface area (TPSA) is 168 Å². The second kappa shape index (κ2) is 28.2. The van der Waals surface area contributed by atoms with Crippen LogP contribution in [0.4, 0.5) is 36.2 Å². The van der Waals surface area contributed by atoms with Crippen LogP contribution in [0, 0.1) is 17.5 Å². The van der Waals surface area contributed by atoms with Gasteiger partial charge in [-0.3, -0.25) is 15.0 Å². The summed E-state index contributed by atoms with van der Waals surface area (Å²) in [6.45, 7) is 16.8. The summed E-state index contributed by atoms with van der Waals surface area (Å²) in [5, 5.41) is 19.2. The van der Waals surface area contributed by atoms with Crippen molar-refractivity contribution in [3.8, 4) is 45.3 Å². The van der Waals surface area contributed by atoms with Gasteiger partial charge in [0.2, 0.25) is 0 Å². The van der Waals surface area contributed by atoms with Gasteiger partial charge >= 0.3 is 0 Å². The number of rotatable bonds is 16. The highest BCUT2D eigenvalue weighted by Gasteiger charge is 2.19. The van der Waals surface area contributed by atoms with Crippen LogP contribution in [-0.4, -0.2) is 68.7 Å². The van der Waals surface area contributed by atoms with E-state index in [-0.39, 0.29) is 17.6 Å². The molecule has 0 fully saturated rings. The summed E-state index contributed by atoms with van der Waals surface area (Å²) in [4.78, 5) is 31.0. The van der Waals surface area contributed by atoms with Crippen LogP contribution in [0.3, 0.4) is 0 Å². The third kappa shape index (κ3) is 14.7. The molecule has 0 atom stereocenters. The number of methoxy groups -OCH3 is 2. The van der Waals surface area contributed by atoms with Gasteiger partial charge in [-0.25, -0.2) is 42.5 Å². The smallest absolute Gasteiger partial charge is 0.163 e. The zero-order valence-corrected chi connectivity index (χ0v) is 52.4. The molecule has 90 heavy (non-hydrogen) atoms. The van der Waals surface area contributed by atoms with Gasteiger partial charge in [0.15, 0.2) is 11.3 Å². The van der Waals surface area contributed by atoms with Gasteiger partial charge in [0, 0.05) is 67.2 Å². The van der Waals surface area contributed by atoms with Crippen molar-refractivity contribution in [3.05, 3.63) is 243 Å². The predicted molar refractivity (Wildman–Crippen MR) is 354 cm³/mol. The van der Waals surface area contributed by atoms with Crippen LogP contribution in [0.15, 0.2) is 178 Å². The molecular formula is C68H56Cl4F3N13O2. The minimum absolute atomic E-state index is 0.174. The number of allylic oxidation sites excluding steroid dienone is 2. The zero-order valence-electron chi connectivity index (χ0n) is 49.4. The number of aromatic nitrogens is 11. The molecule has 7 heterocycles. The van der Waals surface area contributed by atoms with Gasteiger partial charge in [0.25, 0.3) is 0 Å². The maximum absolute atomic E-state index is 14.5. The first-order valence-corrected chi connectivity index (χ1v) is 29.3. The molecule has 0 amide bonds. The first-order valence-electron chi connectivity index (χ1n) is 27.8. The quantitative estimate of drug-likeness (QED) is 0.0938. The lowest BCUT2D eigenvalue weighted by molar-refractivity contribution is 0.414. The Bertz CT molecular complexity index is 4620. The molecule has 0 aliphatic rings. The monoisotopic (exact) mass is 1280 g/mol. The number of halogens is 7. The average Bonchev–Trinajstić information content (AvgIpc) is 1.70. The lowest BCUT2D eigenvalue weighted by atomic mass is 10.0. The van der Waals surface area contributed by atoms with Gasteiger partial charge in [0.05, 0.1) is 78.3 Å². The van der Waals surface area contributed by atoms with Crippen molar-refractivity contribution in [3.63, 3.8) is 0 Å². The van der Waals surface area contributed by atoms with Crippen molar-refractivity contribution in [1.29, 1.82) is 0 Å². The van der Waals surface area contributed by atoms with Gasteiger partial charge in [-0.15, -0.1) is 0 Å². The fraction of sp³-hybridized carbons (Fsp3) is 0.132. The summed E-state index contributed by atoms with van der Waals surface area (Å²) >= 11 is 24.2. The molecular weight excluding hydrogens is 1230 g/mol. The van der Waals surface area contributed by atoms with Gasteiger partial charge < -0.3 is 20.1 Å². The normalized spacial score (nSPS) is 11.0. The lowest BCUT2D eigenvalue weighted by Crippen LogP contribution is -2.04. The van der Waals surface area contributed by atoms with E-state index in [1.165, 1.54) is 55.1 Å². The summed E-state index contributed by atoms with van der Waals surface area (Å²) < 4.78 is 56.9. The number of fused-ring (bicyclic) bond motifs is 2. The summed E-state index contributed by atoms with van der Waals surface area (Å²) in [6, 6.07) is 33.9. The van der Waals surface area contributed by atoms with Crippen molar-refractivity contribution in [2.75, 3.05) is 24.9 Å². The molecule has 0 aliphatic heterocycles. The Balaban J connectivity index is 0.000000157. The summed E-state index contributed by atoms with van der Waals surface area (Å²) in [6.07, 6.45) is 11.5. The summed E-state index contributed by atoms with van der Waals surface area (Å²) in [7, 11) is 3.28. The molecule has 0 unspecified atom stereocenters. The second-order valence-corrected chi connectivity index (χ2v) is 22.6. The fourth-order valence-electron chi connectivity index (χ4n) is 9.48. The molecule has 0 aliphatic carbocycles. The molecule has 0 radical (unpaired) electrons. The molecule has 0 saturated carbocycles. The Hall–Kier alpha value is -9.72. The Labute approximate surface area is 536 Å². The SMILES string of the molecule is C=C(C)c1cnc(-c2cc(Cl)ccc2F)cc1Cl.C=C(C)c1cnc(-c2cc(Cl)ccc2F)cc1Nc1ncnc2c1cnn2Cc1ccc(OC)cc1.COc1ccc(Cn2ncc3c(Nc4cc(-c5cc(Cl)ccc5F)ncc4C(C)C)ncnc32)cc1. The van der Waals surface area contributed by atoms with Crippen LogP contribution in [0.5, 0.6) is 11.5 Å². The minimum Gasteiger partial charge on any atom is -0.497 e. The molecule has 2 N–H and O–H groups in total. The van der Waals surface area contributed by atoms with E-state index < -0.39 is 5.82 Å². The number of pyridine rings is 3. The molecule has 0 saturated heterocycles. The van der Waals surface area contributed by atoms with E-state index in [2.05, 4.69) is 82.7 Å². The van der Waals surface area contributed by atoms with E-state index >= 15 is 0 Å². The van der Waals surface area contributed by atoms with Crippen LogP contribution in [0.1, 0.15) is 61.4 Å². The van der Waals surface area contributed by atoms with Crippen molar-refractivity contribution < 1.29 is 22.6 Å². The standard InChI is InChI=1S/C27H24ClFN6O.C27H22ClFN6O.C14H10Cl2FN/c2*1-16(2)21-12-30-24(20-10-18(28)6-9-23(20)29)11-25(21)34-26-22-13-33-35(27(22)32-15-31-26)14-17-4-7-19(36-3)8-5-17;1-8(2)11-7-18-14(6-12(11)16)10-5-9(15)3-4-13(10)17/h4-13,15-16H,14H2,1-3H3,(H,30,31,32,34);4-13,15H,1,14H2,2-3H3,(H,30,31,32,34);3-7H,1H2,2H3. The largest absolute Gasteiger partial charge is 0.497 e. The zero-order chi connectivity index (χ0) is 63.8. The van der Waals surface area contributed by atoms with Crippen LogP contribution < -0.4 is 20.1 Å². The first kappa shape index (κ1) is 63.3.